The van der Waals surface area contributed by atoms with E-state index in [-0.39, 0.29) is 16.7 Å². The van der Waals surface area contributed by atoms with Gasteiger partial charge in [-0.3, -0.25) is 25.8 Å². The van der Waals surface area contributed by atoms with Gasteiger partial charge in [0.2, 0.25) is 0 Å². The number of nitro groups is 1. The monoisotopic (exact) mass is 356 g/mol. The number of anilines is 1. The van der Waals surface area contributed by atoms with Crippen molar-refractivity contribution >= 4 is 57.5 Å². The van der Waals surface area contributed by atoms with Crippen molar-refractivity contribution in [2.24, 2.45) is 0 Å². The number of carbonyl (C=O) groups is 1. The van der Waals surface area contributed by atoms with Crippen molar-refractivity contribution in [3.8, 4) is 0 Å². The molecule has 7 nitrogen and oxygen atoms in total. The highest BCUT2D eigenvalue weighted by Crippen LogP contribution is 2.21. The summed E-state index contributed by atoms with van der Waals surface area (Å²) in [7, 11) is 0. The molecular formula is C12H9ClN4O3S2. The number of amides is 1. The zero-order valence-electron chi connectivity index (χ0n) is 10.8. The van der Waals surface area contributed by atoms with Crippen LogP contribution >= 0.6 is 35.2 Å². The molecule has 0 aliphatic heterocycles. The van der Waals surface area contributed by atoms with E-state index in [4.69, 9.17) is 23.8 Å². The van der Waals surface area contributed by atoms with Crippen molar-refractivity contribution in [3.05, 3.63) is 55.7 Å². The van der Waals surface area contributed by atoms with Crippen LogP contribution in [0.1, 0.15) is 9.67 Å². The second-order valence-corrected chi connectivity index (χ2v) is 6.07. The third-order valence-corrected chi connectivity index (χ3v) is 3.84. The van der Waals surface area contributed by atoms with Crippen LogP contribution in [0.25, 0.3) is 0 Å². The van der Waals surface area contributed by atoms with E-state index in [0.717, 1.165) is 11.3 Å². The number of non-ortho nitro benzene ring substituents is 1. The standard InChI is InChI=1S/C12H9ClN4O3S2/c13-10-5-4-9(22-10)11(18)15-16-12(21)14-7-2-1-3-8(6-7)17(19)20/h1-6H,(H,15,18)(H2,14,16,21). The fourth-order valence-corrected chi connectivity index (χ4v) is 2.58. The number of hydrogen-bond donors (Lipinski definition) is 3. The average Bonchev–Trinajstić information content (AvgIpc) is 2.91. The normalized spacial score (nSPS) is 9.86. The number of rotatable bonds is 3. The first-order chi connectivity index (χ1) is 10.5. The summed E-state index contributed by atoms with van der Waals surface area (Å²) in [6, 6.07) is 9.03. The van der Waals surface area contributed by atoms with Crippen molar-refractivity contribution in [1.29, 1.82) is 0 Å². The number of nitrogens with zero attached hydrogens (tertiary/aromatic N) is 1. The number of thiocarbonyl (C=S) groups is 1. The van der Waals surface area contributed by atoms with Gasteiger partial charge in [-0.25, -0.2) is 0 Å². The van der Waals surface area contributed by atoms with E-state index in [1.165, 1.54) is 18.2 Å². The highest BCUT2D eigenvalue weighted by atomic mass is 35.5. The first kappa shape index (κ1) is 16.1. The lowest BCUT2D eigenvalue weighted by atomic mass is 10.3. The maximum atomic E-state index is 11.8. The molecule has 0 unspecified atom stereocenters. The summed E-state index contributed by atoms with van der Waals surface area (Å²) in [5, 5.41) is 13.5. The van der Waals surface area contributed by atoms with Gasteiger partial charge in [-0.1, -0.05) is 17.7 Å². The molecule has 1 amide bonds. The number of nitro benzene ring substituents is 1. The Bertz CT molecular complexity index is 735. The summed E-state index contributed by atoms with van der Waals surface area (Å²) in [5.41, 5.74) is 5.26. The minimum absolute atomic E-state index is 0.0648. The molecule has 0 atom stereocenters. The van der Waals surface area contributed by atoms with Gasteiger partial charge < -0.3 is 5.32 Å². The molecule has 22 heavy (non-hydrogen) atoms. The fraction of sp³-hybridized carbons (Fsp3) is 0. The molecule has 0 radical (unpaired) electrons. The van der Waals surface area contributed by atoms with Gasteiger partial charge in [0.05, 0.1) is 14.1 Å². The number of carbonyl (C=O) groups excluding carboxylic acids is 1. The maximum Gasteiger partial charge on any atom is 0.279 e. The molecule has 114 valence electrons. The molecule has 10 heteroatoms. The van der Waals surface area contributed by atoms with Crippen LogP contribution in [0.4, 0.5) is 11.4 Å². The zero-order chi connectivity index (χ0) is 16.1. The van der Waals surface area contributed by atoms with E-state index in [2.05, 4.69) is 16.2 Å². The lowest BCUT2D eigenvalue weighted by Crippen LogP contribution is -2.43. The lowest BCUT2D eigenvalue weighted by molar-refractivity contribution is -0.384. The highest BCUT2D eigenvalue weighted by molar-refractivity contribution is 7.80. The summed E-state index contributed by atoms with van der Waals surface area (Å²) < 4.78 is 0.502. The minimum Gasteiger partial charge on any atom is -0.331 e. The Balaban J connectivity index is 1.89. The summed E-state index contributed by atoms with van der Waals surface area (Å²) >= 11 is 11.9. The minimum atomic E-state index is -0.510. The van der Waals surface area contributed by atoms with Crippen LogP contribution in [0, 0.1) is 10.1 Å². The van der Waals surface area contributed by atoms with Crippen LogP contribution in [0.15, 0.2) is 36.4 Å². The molecule has 0 fully saturated rings. The molecule has 0 bridgehead atoms. The van der Waals surface area contributed by atoms with Gasteiger partial charge in [0.25, 0.3) is 11.6 Å². The van der Waals surface area contributed by atoms with Crippen LogP contribution < -0.4 is 16.2 Å². The van der Waals surface area contributed by atoms with Gasteiger partial charge in [0, 0.05) is 17.8 Å². The van der Waals surface area contributed by atoms with Gasteiger partial charge in [-0.2, -0.15) is 0 Å². The predicted octanol–water partition coefficient (Wildman–Crippen LogP) is 2.94. The molecule has 0 saturated carbocycles. The van der Waals surface area contributed by atoms with E-state index in [0.29, 0.717) is 14.9 Å². The van der Waals surface area contributed by atoms with Gasteiger partial charge in [0.1, 0.15) is 0 Å². The molecule has 0 aliphatic rings. The number of halogens is 1. The van der Waals surface area contributed by atoms with E-state index in [1.807, 2.05) is 0 Å². The predicted molar refractivity (Wildman–Crippen MR) is 89.2 cm³/mol. The SMILES string of the molecule is O=C(NNC(=S)Nc1cccc([N+](=O)[O-])c1)c1ccc(Cl)s1. The third-order valence-electron chi connectivity index (χ3n) is 2.40. The summed E-state index contributed by atoms with van der Waals surface area (Å²) in [6.07, 6.45) is 0. The molecule has 0 saturated heterocycles. The van der Waals surface area contributed by atoms with Crippen molar-refractivity contribution in [3.63, 3.8) is 0 Å². The second-order valence-electron chi connectivity index (χ2n) is 3.94. The number of benzene rings is 1. The van der Waals surface area contributed by atoms with Crippen molar-refractivity contribution in [2.45, 2.75) is 0 Å². The molecule has 1 heterocycles. The van der Waals surface area contributed by atoms with Gasteiger partial charge in [-0.05, 0) is 30.4 Å². The zero-order valence-corrected chi connectivity index (χ0v) is 13.2. The van der Waals surface area contributed by atoms with Gasteiger partial charge >= 0.3 is 0 Å². The van der Waals surface area contributed by atoms with E-state index < -0.39 is 4.92 Å². The van der Waals surface area contributed by atoms with E-state index >= 15 is 0 Å². The summed E-state index contributed by atoms with van der Waals surface area (Å²) in [6.45, 7) is 0. The van der Waals surface area contributed by atoms with Gasteiger partial charge in [0.15, 0.2) is 5.11 Å². The number of thiophene rings is 1. The fourth-order valence-electron chi connectivity index (χ4n) is 1.47. The Morgan fingerprint density at radius 2 is 2.05 bits per heavy atom. The van der Waals surface area contributed by atoms with Crippen LogP contribution in [0.2, 0.25) is 4.34 Å². The molecule has 0 aliphatic carbocycles. The van der Waals surface area contributed by atoms with Gasteiger partial charge in [-0.15, -0.1) is 11.3 Å². The molecule has 2 aromatic rings. The first-order valence-electron chi connectivity index (χ1n) is 5.83. The summed E-state index contributed by atoms with van der Waals surface area (Å²) in [5.74, 6) is -0.389. The molecule has 1 aromatic carbocycles. The Morgan fingerprint density at radius 3 is 2.68 bits per heavy atom. The first-order valence-corrected chi connectivity index (χ1v) is 7.43. The summed E-state index contributed by atoms with van der Waals surface area (Å²) in [4.78, 5) is 22.4. The number of hydrazine groups is 1. The van der Waals surface area contributed by atoms with E-state index in [1.54, 1.807) is 18.2 Å². The largest absolute Gasteiger partial charge is 0.331 e. The molecule has 3 N–H and O–H groups in total. The Morgan fingerprint density at radius 1 is 1.27 bits per heavy atom. The quantitative estimate of drug-likeness (QED) is 0.444. The van der Waals surface area contributed by atoms with Crippen molar-refractivity contribution in [2.75, 3.05) is 5.32 Å². The smallest absolute Gasteiger partial charge is 0.279 e. The second kappa shape index (κ2) is 7.16. The Kier molecular flexibility index (Phi) is 5.26. The van der Waals surface area contributed by atoms with Crippen LogP contribution in [-0.4, -0.2) is 15.9 Å². The van der Waals surface area contributed by atoms with E-state index in [9.17, 15) is 14.9 Å². The molecule has 2 rings (SSSR count). The van der Waals surface area contributed by atoms with Crippen molar-refractivity contribution < 1.29 is 9.72 Å². The highest BCUT2D eigenvalue weighted by Gasteiger charge is 2.09. The van der Waals surface area contributed by atoms with Crippen molar-refractivity contribution in [1.82, 2.24) is 10.9 Å². The number of hydrogen-bond acceptors (Lipinski definition) is 5. The molecule has 1 aromatic heterocycles. The third kappa shape index (κ3) is 4.38. The molecule has 0 spiro atoms. The van der Waals surface area contributed by atoms with Crippen LogP contribution in [0.3, 0.4) is 0 Å². The topological polar surface area (TPSA) is 96.3 Å². The Labute approximate surface area is 139 Å². The van der Waals surface area contributed by atoms with Crippen LogP contribution in [0.5, 0.6) is 0 Å². The Hall–Kier alpha value is -2.23. The van der Waals surface area contributed by atoms with Crippen LogP contribution in [-0.2, 0) is 0 Å². The number of nitrogens with one attached hydrogen (secondary N) is 3. The molecular weight excluding hydrogens is 348 g/mol. The average molecular weight is 357 g/mol. The maximum absolute atomic E-state index is 11.8. The lowest BCUT2D eigenvalue weighted by Gasteiger charge is -2.10.